The molecule has 2 saturated carbocycles. The lowest BCUT2D eigenvalue weighted by Gasteiger charge is -2.55. The molecule has 4 aliphatic carbocycles. The predicted octanol–water partition coefficient (Wildman–Crippen LogP) is 5.39. The van der Waals surface area contributed by atoms with Gasteiger partial charge in [-0.1, -0.05) is 38.5 Å². The molecule has 5 rings (SSSR count). The van der Waals surface area contributed by atoms with Gasteiger partial charge in [0.05, 0.1) is 13.3 Å². The molecule has 3 nitrogen and oxygen atoms in total. The average Bonchev–Trinajstić information content (AvgIpc) is 2.87. The molecule has 0 aromatic carbocycles. The number of rotatable bonds is 2. The van der Waals surface area contributed by atoms with Crippen LogP contribution >= 0.6 is 0 Å². The van der Waals surface area contributed by atoms with E-state index in [0.29, 0.717) is 28.8 Å². The van der Waals surface area contributed by atoms with Crippen molar-refractivity contribution >= 4 is 0 Å². The summed E-state index contributed by atoms with van der Waals surface area (Å²) in [5.74, 6) is 2.20. The summed E-state index contributed by atoms with van der Waals surface area (Å²) in [5, 5.41) is 3.60. The molecule has 0 aromatic rings. The van der Waals surface area contributed by atoms with Gasteiger partial charge in [-0.2, -0.15) is 0 Å². The zero-order valence-electron chi connectivity index (χ0n) is 20.3. The van der Waals surface area contributed by atoms with Gasteiger partial charge in [-0.15, -0.1) is 0 Å². The van der Waals surface area contributed by atoms with Crippen molar-refractivity contribution in [1.82, 2.24) is 10.2 Å². The first-order valence-electron chi connectivity index (χ1n) is 12.6. The summed E-state index contributed by atoms with van der Waals surface area (Å²) >= 11 is 0. The van der Waals surface area contributed by atoms with E-state index in [2.05, 4.69) is 64.2 Å². The molecule has 0 radical (unpaired) electrons. The molecule has 1 N–H and O–H groups in total. The minimum Gasteiger partial charge on any atom is -0.365 e. The van der Waals surface area contributed by atoms with Crippen LogP contribution in [0.1, 0.15) is 72.6 Å². The summed E-state index contributed by atoms with van der Waals surface area (Å²) in [7, 11) is 4.42. The first-order valence-corrected chi connectivity index (χ1v) is 12.6. The molecular weight excluding hydrogens is 368 g/mol. The third-order valence-electron chi connectivity index (χ3n) is 11.1. The van der Waals surface area contributed by atoms with E-state index in [9.17, 15) is 0 Å². The molecule has 0 unspecified atom stereocenters. The Labute approximate surface area is 184 Å². The van der Waals surface area contributed by atoms with Crippen LogP contribution in [0.5, 0.6) is 0 Å². The highest BCUT2D eigenvalue weighted by molar-refractivity contribution is 5.37. The van der Waals surface area contributed by atoms with Crippen LogP contribution in [0.2, 0.25) is 0 Å². The molecule has 30 heavy (non-hydrogen) atoms. The first-order chi connectivity index (χ1) is 14.2. The third-order valence-corrected chi connectivity index (χ3v) is 11.1. The molecule has 3 fully saturated rings. The van der Waals surface area contributed by atoms with E-state index in [1.807, 2.05) is 0 Å². The number of hydrogen-bond acceptors (Lipinski definition) is 3. The summed E-state index contributed by atoms with van der Waals surface area (Å²) in [6.45, 7) is 12.0. The summed E-state index contributed by atoms with van der Waals surface area (Å²) in [6, 6.07) is 1.28. The monoisotopic (exact) mass is 412 g/mol. The fourth-order valence-electron chi connectivity index (χ4n) is 9.05. The average molecular weight is 413 g/mol. The molecule has 0 amide bonds. The second kappa shape index (κ2) is 7.18. The molecule has 3 heteroatoms. The number of ether oxygens (including phenoxy) is 1. The van der Waals surface area contributed by atoms with Crippen molar-refractivity contribution in [1.29, 1.82) is 0 Å². The SMILES string of the molecule is CN[C@@H](C)[C@H]1CC[C@@]2(C)[C@@H]3CC[C@@H]4C(=CC3=CC[C@]12C)CC[C@@H]1N(C)COC[C@]41C. The number of nitrogens with zero attached hydrogens (tertiary/aromatic N) is 1. The van der Waals surface area contributed by atoms with Crippen LogP contribution in [-0.4, -0.2) is 44.4 Å². The summed E-state index contributed by atoms with van der Waals surface area (Å²) in [4.78, 5) is 2.48. The van der Waals surface area contributed by atoms with Crippen molar-refractivity contribution in [2.75, 3.05) is 27.4 Å². The smallest absolute Gasteiger partial charge is 0.0990 e. The van der Waals surface area contributed by atoms with Crippen molar-refractivity contribution in [2.24, 2.45) is 34.0 Å². The van der Waals surface area contributed by atoms with Crippen LogP contribution in [0.3, 0.4) is 0 Å². The van der Waals surface area contributed by atoms with Gasteiger partial charge in [-0.05, 0) is 100 Å². The van der Waals surface area contributed by atoms with Gasteiger partial charge in [-0.3, -0.25) is 4.90 Å². The Morgan fingerprint density at radius 3 is 2.63 bits per heavy atom. The molecular formula is C27H44N2O. The highest BCUT2D eigenvalue weighted by Crippen LogP contribution is 2.68. The Morgan fingerprint density at radius 2 is 1.87 bits per heavy atom. The Hall–Kier alpha value is -0.640. The van der Waals surface area contributed by atoms with Crippen LogP contribution in [0.15, 0.2) is 23.3 Å². The van der Waals surface area contributed by atoms with Crippen molar-refractivity contribution in [3.05, 3.63) is 23.3 Å². The van der Waals surface area contributed by atoms with Gasteiger partial charge in [0.15, 0.2) is 0 Å². The molecule has 168 valence electrons. The summed E-state index contributed by atoms with van der Waals surface area (Å²) in [5.41, 5.74) is 4.55. The van der Waals surface area contributed by atoms with Gasteiger partial charge in [0.2, 0.25) is 0 Å². The molecule has 1 saturated heterocycles. The van der Waals surface area contributed by atoms with Crippen LogP contribution in [0, 0.1) is 34.0 Å². The van der Waals surface area contributed by atoms with Crippen molar-refractivity contribution in [3.8, 4) is 0 Å². The standard InChI is InChI=1S/C27H44N2O/c1-18(28-5)21-12-14-27(4)23-9-8-22-19(15-20(23)11-13-26(21,27)3)7-10-24-25(22,2)16-30-17-29(24)6/h11,15,18,21-24,28H,7-10,12-14,16-17H2,1-6H3/t18-,21+,22+,23+,24-,25+,26+,27-/m0/s1. The van der Waals surface area contributed by atoms with Gasteiger partial charge in [-0.25, -0.2) is 0 Å². The van der Waals surface area contributed by atoms with E-state index in [0.717, 1.165) is 25.2 Å². The van der Waals surface area contributed by atoms with Gasteiger partial charge < -0.3 is 10.1 Å². The van der Waals surface area contributed by atoms with Crippen molar-refractivity contribution < 1.29 is 4.74 Å². The van der Waals surface area contributed by atoms with E-state index in [1.165, 1.54) is 44.9 Å². The van der Waals surface area contributed by atoms with Gasteiger partial charge in [0.1, 0.15) is 0 Å². The van der Waals surface area contributed by atoms with E-state index in [1.54, 1.807) is 11.1 Å². The largest absolute Gasteiger partial charge is 0.365 e. The molecule has 0 aromatic heterocycles. The van der Waals surface area contributed by atoms with E-state index < -0.39 is 0 Å². The van der Waals surface area contributed by atoms with Gasteiger partial charge in [0, 0.05) is 17.5 Å². The molecule has 8 atom stereocenters. The number of nitrogens with one attached hydrogen (secondary N) is 1. The Bertz CT molecular complexity index is 758. The van der Waals surface area contributed by atoms with Gasteiger partial charge >= 0.3 is 0 Å². The zero-order valence-corrected chi connectivity index (χ0v) is 20.3. The van der Waals surface area contributed by atoms with Crippen molar-refractivity contribution in [3.63, 3.8) is 0 Å². The Morgan fingerprint density at radius 1 is 1.10 bits per heavy atom. The lowest BCUT2D eigenvalue weighted by atomic mass is 9.51. The van der Waals surface area contributed by atoms with E-state index in [-0.39, 0.29) is 5.41 Å². The van der Waals surface area contributed by atoms with Crippen molar-refractivity contribution in [2.45, 2.75) is 84.7 Å². The van der Waals surface area contributed by atoms with Crippen LogP contribution in [0.25, 0.3) is 0 Å². The zero-order chi connectivity index (χ0) is 21.3. The number of allylic oxidation sites excluding steroid dienone is 4. The maximum atomic E-state index is 6.10. The third kappa shape index (κ3) is 2.74. The summed E-state index contributed by atoms with van der Waals surface area (Å²) in [6.07, 6.45) is 14.7. The van der Waals surface area contributed by atoms with Crippen LogP contribution in [0.4, 0.5) is 0 Å². The lowest BCUT2D eigenvalue weighted by Crippen LogP contribution is -2.58. The Balaban J connectivity index is 1.48. The molecule has 5 aliphatic rings. The first kappa shape index (κ1) is 21.2. The fourth-order valence-corrected chi connectivity index (χ4v) is 9.05. The minimum atomic E-state index is 0.272. The fraction of sp³-hybridized carbons (Fsp3) is 0.852. The second-order valence-electron chi connectivity index (χ2n) is 12.2. The predicted molar refractivity (Wildman–Crippen MR) is 124 cm³/mol. The van der Waals surface area contributed by atoms with Crippen LogP contribution in [-0.2, 0) is 4.74 Å². The quantitative estimate of drug-likeness (QED) is 0.658. The minimum absolute atomic E-state index is 0.272. The molecule has 1 heterocycles. The molecule has 0 spiro atoms. The highest BCUT2D eigenvalue weighted by Gasteiger charge is 2.61. The topological polar surface area (TPSA) is 24.5 Å². The number of fused-ring (bicyclic) bond motifs is 6. The van der Waals surface area contributed by atoms with Gasteiger partial charge in [0.25, 0.3) is 0 Å². The molecule has 0 bridgehead atoms. The maximum absolute atomic E-state index is 6.10. The van der Waals surface area contributed by atoms with E-state index in [4.69, 9.17) is 4.74 Å². The highest BCUT2D eigenvalue weighted by atomic mass is 16.5. The number of hydrogen-bond donors (Lipinski definition) is 1. The normalized spacial score (nSPS) is 49.7. The van der Waals surface area contributed by atoms with E-state index >= 15 is 0 Å². The maximum Gasteiger partial charge on any atom is 0.0990 e. The lowest BCUT2D eigenvalue weighted by molar-refractivity contribution is -0.143. The second-order valence-corrected chi connectivity index (χ2v) is 12.2. The molecule has 1 aliphatic heterocycles. The summed E-state index contributed by atoms with van der Waals surface area (Å²) < 4.78 is 6.10. The Kier molecular flexibility index (Phi) is 5.08. The van der Waals surface area contributed by atoms with Crippen LogP contribution < -0.4 is 5.32 Å².